The summed E-state index contributed by atoms with van der Waals surface area (Å²) in [5.41, 5.74) is 6.09. The van der Waals surface area contributed by atoms with E-state index in [1.807, 2.05) is 18.3 Å². The van der Waals surface area contributed by atoms with E-state index in [-0.39, 0.29) is 11.9 Å². The topological polar surface area (TPSA) is 12.0 Å². The van der Waals surface area contributed by atoms with Gasteiger partial charge in [0.15, 0.2) is 0 Å². The summed E-state index contributed by atoms with van der Waals surface area (Å²) in [6, 6.07) is 14.9. The van der Waals surface area contributed by atoms with Gasteiger partial charge in [-0.2, -0.15) is 0 Å². The third-order valence-electron chi connectivity index (χ3n) is 5.42. The lowest BCUT2D eigenvalue weighted by atomic mass is 9.88. The van der Waals surface area contributed by atoms with Gasteiger partial charge in [-0.15, -0.1) is 0 Å². The number of fused-ring (bicyclic) bond motifs is 3. The summed E-state index contributed by atoms with van der Waals surface area (Å²) >= 11 is 0. The van der Waals surface area contributed by atoms with Crippen LogP contribution in [0.3, 0.4) is 0 Å². The van der Waals surface area contributed by atoms with Crippen LogP contribution in [0.5, 0.6) is 0 Å². The molecule has 0 spiro atoms. The van der Waals surface area contributed by atoms with Crippen LogP contribution in [0.2, 0.25) is 19.6 Å². The molecular weight excluding hydrogens is 349 g/mol. The molecule has 0 aliphatic carbocycles. The van der Waals surface area contributed by atoms with E-state index in [0.29, 0.717) is 0 Å². The molecule has 0 fully saturated rings. The van der Waals surface area contributed by atoms with E-state index in [2.05, 4.69) is 75.2 Å². The fourth-order valence-corrected chi connectivity index (χ4v) is 5.57. The van der Waals surface area contributed by atoms with Crippen molar-refractivity contribution in [3.63, 3.8) is 0 Å². The van der Waals surface area contributed by atoms with Gasteiger partial charge in [0.2, 0.25) is 0 Å². The Morgan fingerprint density at radius 1 is 0.889 bits per heavy atom. The van der Waals surface area contributed by atoms with Crippen LogP contribution < -0.4 is 10.5 Å². The van der Waals surface area contributed by atoms with Crippen molar-refractivity contribution in [1.82, 2.24) is 5.32 Å². The highest BCUT2D eigenvalue weighted by Gasteiger charge is 2.25. The van der Waals surface area contributed by atoms with E-state index < -0.39 is 8.07 Å². The standard InChI is InChI=1S/C24H26FNSi/c1-15-12-16(2)14-17(13-15)24-21-7-6-20-18(19(21)10-11-26-24)8-9-22(23(20)25)27(3,4)5/h6-14,24,26H,1-5H3. The molecule has 27 heavy (non-hydrogen) atoms. The average molecular weight is 376 g/mol. The maximum absolute atomic E-state index is 15.3. The van der Waals surface area contributed by atoms with Crippen molar-refractivity contribution < 1.29 is 4.39 Å². The number of nitrogens with one attached hydrogen (secondary N) is 1. The van der Waals surface area contributed by atoms with Gasteiger partial charge >= 0.3 is 0 Å². The van der Waals surface area contributed by atoms with Crippen molar-refractivity contribution in [2.45, 2.75) is 39.5 Å². The summed E-state index contributed by atoms with van der Waals surface area (Å²) < 4.78 is 15.3. The van der Waals surface area contributed by atoms with Crippen molar-refractivity contribution in [2.24, 2.45) is 0 Å². The fraction of sp³-hybridized carbons (Fsp3) is 0.250. The highest BCUT2D eigenvalue weighted by Crippen LogP contribution is 2.35. The lowest BCUT2D eigenvalue weighted by Gasteiger charge is -2.27. The second-order valence-corrected chi connectivity index (χ2v) is 13.7. The number of benzene rings is 3. The molecule has 1 unspecified atom stereocenters. The zero-order valence-electron chi connectivity index (χ0n) is 16.7. The number of aryl methyl sites for hydroxylation is 2. The zero-order chi connectivity index (χ0) is 19.3. The lowest BCUT2D eigenvalue weighted by Crippen LogP contribution is -2.40. The van der Waals surface area contributed by atoms with E-state index in [0.717, 1.165) is 21.5 Å². The van der Waals surface area contributed by atoms with Crippen molar-refractivity contribution >= 4 is 30.1 Å². The van der Waals surface area contributed by atoms with Crippen molar-refractivity contribution in [3.8, 4) is 0 Å². The molecule has 3 aromatic carbocycles. The monoisotopic (exact) mass is 375 g/mol. The van der Waals surface area contributed by atoms with E-state index in [1.54, 1.807) is 0 Å². The second-order valence-electron chi connectivity index (χ2n) is 8.69. The number of hydrogen-bond acceptors (Lipinski definition) is 1. The van der Waals surface area contributed by atoms with Crippen LogP contribution in [0, 0.1) is 19.7 Å². The molecule has 0 saturated heterocycles. The Bertz CT molecular complexity index is 1060. The van der Waals surface area contributed by atoms with Gasteiger partial charge in [-0.25, -0.2) is 4.39 Å². The molecule has 0 amide bonds. The number of rotatable bonds is 2. The molecule has 138 valence electrons. The van der Waals surface area contributed by atoms with Crippen LogP contribution in [-0.2, 0) is 0 Å². The van der Waals surface area contributed by atoms with Crippen LogP contribution in [0.1, 0.15) is 33.9 Å². The highest BCUT2D eigenvalue weighted by molar-refractivity contribution is 6.88. The summed E-state index contributed by atoms with van der Waals surface area (Å²) in [6.07, 6.45) is 4.07. The lowest BCUT2D eigenvalue weighted by molar-refractivity contribution is 0.646. The van der Waals surface area contributed by atoms with Crippen molar-refractivity contribution in [3.05, 3.63) is 82.3 Å². The normalized spacial score (nSPS) is 16.3. The largest absolute Gasteiger partial charge is 0.380 e. The summed E-state index contributed by atoms with van der Waals surface area (Å²) in [6.45, 7) is 10.8. The third kappa shape index (κ3) is 3.10. The molecule has 0 aromatic heterocycles. The molecule has 0 bridgehead atoms. The van der Waals surface area contributed by atoms with E-state index in [1.165, 1.54) is 22.3 Å². The Hall–Kier alpha value is -2.39. The van der Waals surface area contributed by atoms with Crippen LogP contribution >= 0.6 is 0 Å². The predicted molar refractivity (Wildman–Crippen MR) is 117 cm³/mol. The smallest absolute Gasteiger partial charge is 0.130 e. The molecule has 1 aliphatic rings. The number of halogens is 1. The van der Waals surface area contributed by atoms with E-state index in [4.69, 9.17) is 0 Å². The molecule has 3 heteroatoms. The van der Waals surface area contributed by atoms with Gasteiger partial charge in [0.1, 0.15) is 5.82 Å². The van der Waals surface area contributed by atoms with Crippen molar-refractivity contribution in [2.75, 3.05) is 0 Å². The first-order valence-corrected chi connectivity index (χ1v) is 13.0. The van der Waals surface area contributed by atoms with E-state index >= 15 is 4.39 Å². The Kier molecular flexibility index (Phi) is 4.23. The molecular formula is C24H26FNSi. The minimum Gasteiger partial charge on any atom is -0.380 e. The maximum Gasteiger partial charge on any atom is 0.130 e. The van der Waals surface area contributed by atoms with Crippen LogP contribution in [-0.4, -0.2) is 8.07 Å². The number of hydrogen-bond donors (Lipinski definition) is 1. The molecule has 4 rings (SSSR count). The summed E-state index contributed by atoms with van der Waals surface area (Å²) in [5.74, 6) is -0.0376. The highest BCUT2D eigenvalue weighted by atomic mass is 28.3. The Morgan fingerprint density at radius 3 is 2.22 bits per heavy atom. The van der Waals surface area contributed by atoms with Gasteiger partial charge in [-0.3, -0.25) is 0 Å². The van der Waals surface area contributed by atoms with Crippen LogP contribution in [0.15, 0.2) is 48.7 Å². The Morgan fingerprint density at radius 2 is 1.56 bits per heavy atom. The molecule has 1 nitrogen and oxygen atoms in total. The molecule has 0 saturated carbocycles. The van der Waals surface area contributed by atoms with Gasteiger partial charge in [-0.1, -0.05) is 73.2 Å². The zero-order valence-corrected chi connectivity index (χ0v) is 17.7. The first-order valence-electron chi connectivity index (χ1n) is 9.52. The third-order valence-corrected chi connectivity index (χ3v) is 7.42. The van der Waals surface area contributed by atoms with Crippen molar-refractivity contribution in [1.29, 1.82) is 0 Å². The summed E-state index contributed by atoms with van der Waals surface area (Å²) in [4.78, 5) is 0. The van der Waals surface area contributed by atoms with Gasteiger partial charge in [0.05, 0.1) is 14.1 Å². The van der Waals surface area contributed by atoms with Crippen LogP contribution in [0.4, 0.5) is 4.39 Å². The van der Waals surface area contributed by atoms with Gasteiger partial charge in [0.25, 0.3) is 0 Å². The molecule has 0 radical (unpaired) electrons. The Labute approximate surface area is 161 Å². The van der Waals surface area contributed by atoms with Crippen LogP contribution in [0.25, 0.3) is 16.8 Å². The SMILES string of the molecule is Cc1cc(C)cc(C2NC=Cc3c2ccc2c(F)c([Si](C)(C)C)ccc32)c1. The fourth-order valence-electron chi connectivity index (χ4n) is 4.20. The molecule has 1 aliphatic heterocycles. The van der Waals surface area contributed by atoms with E-state index in [9.17, 15) is 0 Å². The van der Waals surface area contributed by atoms with Gasteiger partial charge in [-0.05, 0) is 53.4 Å². The quantitative estimate of drug-likeness (QED) is 0.558. The molecule has 3 aromatic rings. The summed E-state index contributed by atoms with van der Waals surface area (Å²) in [5, 5.41) is 6.13. The first-order chi connectivity index (χ1) is 12.8. The van der Waals surface area contributed by atoms with Gasteiger partial charge in [0, 0.05) is 5.39 Å². The average Bonchev–Trinajstić information content (AvgIpc) is 2.59. The van der Waals surface area contributed by atoms with Gasteiger partial charge < -0.3 is 5.32 Å². The maximum atomic E-state index is 15.3. The first kappa shape index (κ1) is 18.0. The minimum absolute atomic E-state index is 0.0376. The molecule has 1 N–H and O–H groups in total. The molecule has 1 atom stereocenters. The predicted octanol–water partition coefficient (Wildman–Crippen LogP) is 5.80. The molecule has 1 heterocycles. The summed E-state index contributed by atoms with van der Waals surface area (Å²) in [7, 11) is -1.71. The minimum atomic E-state index is -1.71. The Balaban J connectivity index is 1.91. The second kappa shape index (κ2) is 6.34.